The second-order valence-corrected chi connectivity index (χ2v) is 9.29. The number of carbonyl (C=O) groups excluding carboxylic acids is 2. The Morgan fingerprint density at radius 3 is 2.65 bits per heavy atom. The summed E-state index contributed by atoms with van der Waals surface area (Å²) in [5, 5.41) is 11.4. The summed E-state index contributed by atoms with van der Waals surface area (Å²) < 4.78 is 17.0. The molecule has 7 nitrogen and oxygen atoms in total. The van der Waals surface area contributed by atoms with Gasteiger partial charge in [0.15, 0.2) is 0 Å². The Labute approximate surface area is 215 Å². The number of fused-ring (bicyclic) bond motifs is 1. The number of nitrogens with zero attached hydrogens (tertiary/aromatic N) is 1. The molecule has 190 valence electrons. The zero-order chi connectivity index (χ0) is 25.9. The normalized spacial score (nSPS) is 20.1. The molecule has 0 bridgehead atoms. The molecule has 0 aliphatic carbocycles. The molecule has 2 aliphatic rings. The van der Waals surface area contributed by atoms with E-state index in [4.69, 9.17) is 14.2 Å². The topological polar surface area (TPSA) is 85.3 Å². The van der Waals surface area contributed by atoms with Gasteiger partial charge in [0, 0.05) is 25.6 Å². The first-order chi connectivity index (χ1) is 18.0. The molecule has 1 saturated heterocycles. The summed E-state index contributed by atoms with van der Waals surface area (Å²) in [6, 6.07) is 21.6. The molecule has 37 heavy (non-hydrogen) atoms. The molecule has 7 heteroatoms. The van der Waals surface area contributed by atoms with Crippen molar-refractivity contribution in [2.75, 3.05) is 20.3 Å². The Kier molecular flexibility index (Phi) is 6.97. The van der Waals surface area contributed by atoms with Crippen molar-refractivity contribution in [2.24, 2.45) is 0 Å². The Balaban J connectivity index is 1.53. The molecule has 0 spiro atoms. The van der Waals surface area contributed by atoms with E-state index < -0.39 is 17.7 Å². The highest BCUT2D eigenvalue weighted by molar-refractivity contribution is 6.46. The number of rotatable bonds is 8. The summed E-state index contributed by atoms with van der Waals surface area (Å²) in [5.74, 6) is -0.232. The van der Waals surface area contributed by atoms with Gasteiger partial charge in [0.05, 0.1) is 18.2 Å². The number of aliphatic hydroxyl groups excluding tert-OH is 1. The van der Waals surface area contributed by atoms with Gasteiger partial charge in [-0.1, -0.05) is 42.5 Å². The van der Waals surface area contributed by atoms with Crippen LogP contribution in [-0.4, -0.2) is 48.1 Å². The van der Waals surface area contributed by atoms with Crippen molar-refractivity contribution >= 4 is 17.4 Å². The number of benzene rings is 3. The van der Waals surface area contributed by atoms with Crippen molar-refractivity contribution in [3.63, 3.8) is 0 Å². The van der Waals surface area contributed by atoms with Crippen molar-refractivity contribution in [2.45, 2.75) is 32.1 Å². The Morgan fingerprint density at radius 1 is 1.05 bits per heavy atom. The highest BCUT2D eigenvalue weighted by Crippen LogP contribution is 2.41. The van der Waals surface area contributed by atoms with Gasteiger partial charge < -0.3 is 24.2 Å². The van der Waals surface area contributed by atoms with Crippen LogP contribution in [-0.2, 0) is 27.4 Å². The van der Waals surface area contributed by atoms with Crippen LogP contribution in [0.3, 0.4) is 0 Å². The molecule has 2 atom stereocenters. The zero-order valence-corrected chi connectivity index (χ0v) is 20.8. The molecule has 1 amide bonds. The van der Waals surface area contributed by atoms with Gasteiger partial charge in [-0.3, -0.25) is 9.59 Å². The van der Waals surface area contributed by atoms with Gasteiger partial charge in [-0.2, -0.15) is 0 Å². The van der Waals surface area contributed by atoms with Crippen molar-refractivity contribution < 1.29 is 28.9 Å². The van der Waals surface area contributed by atoms with Gasteiger partial charge in [-0.15, -0.1) is 0 Å². The first-order valence-corrected chi connectivity index (χ1v) is 12.3. The lowest BCUT2D eigenvalue weighted by Crippen LogP contribution is -2.32. The minimum atomic E-state index is -0.779. The van der Waals surface area contributed by atoms with Crippen molar-refractivity contribution in [3.8, 4) is 11.5 Å². The van der Waals surface area contributed by atoms with Crippen LogP contribution < -0.4 is 9.47 Å². The maximum atomic E-state index is 13.3. The molecule has 5 rings (SSSR count). The van der Waals surface area contributed by atoms with Gasteiger partial charge in [0.1, 0.15) is 30.0 Å². The zero-order valence-electron chi connectivity index (χ0n) is 20.8. The summed E-state index contributed by atoms with van der Waals surface area (Å²) >= 11 is 0. The SMILES string of the molecule is COCCN1C(=O)C(=O)C(=C(O)c2ccc3c(c2)C[C@@H](C)O3)[C@H]1c1cccc(OCc2ccccc2)c1. The molecule has 3 aromatic rings. The van der Waals surface area contributed by atoms with E-state index in [2.05, 4.69) is 0 Å². The second-order valence-electron chi connectivity index (χ2n) is 9.29. The molecule has 1 fully saturated rings. The van der Waals surface area contributed by atoms with Crippen molar-refractivity contribution in [1.29, 1.82) is 0 Å². The van der Waals surface area contributed by atoms with Crippen LogP contribution in [0.5, 0.6) is 11.5 Å². The number of carbonyl (C=O) groups is 2. The third-order valence-electron chi connectivity index (χ3n) is 6.67. The third kappa shape index (κ3) is 4.95. The molecule has 2 aliphatic heterocycles. The minimum absolute atomic E-state index is 0.0469. The van der Waals surface area contributed by atoms with Gasteiger partial charge in [0.25, 0.3) is 11.7 Å². The number of hydrogen-bond donors (Lipinski definition) is 1. The van der Waals surface area contributed by atoms with Crippen LogP contribution in [0.15, 0.2) is 78.4 Å². The quantitative estimate of drug-likeness (QED) is 0.276. The Bertz CT molecular complexity index is 1350. The van der Waals surface area contributed by atoms with Crippen LogP contribution in [0.1, 0.15) is 35.2 Å². The summed E-state index contributed by atoms with van der Waals surface area (Å²) in [6.45, 7) is 2.81. The molecule has 2 heterocycles. The highest BCUT2D eigenvalue weighted by Gasteiger charge is 2.46. The summed E-state index contributed by atoms with van der Waals surface area (Å²) in [7, 11) is 1.54. The molecule has 0 saturated carbocycles. The average Bonchev–Trinajstić information content (AvgIpc) is 3.41. The fraction of sp³-hybridized carbons (Fsp3) is 0.267. The van der Waals surface area contributed by atoms with Gasteiger partial charge in [0.2, 0.25) is 0 Å². The first-order valence-electron chi connectivity index (χ1n) is 12.3. The lowest BCUT2D eigenvalue weighted by atomic mass is 9.94. The Hall–Kier alpha value is -4.10. The minimum Gasteiger partial charge on any atom is -0.507 e. The summed E-state index contributed by atoms with van der Waals surface area (Å²) in [4.78, 5) is 27.8. The fourth-order valence-electron chi connectivity index (χ4n) is 4.89. The number of aliphatic hydroxyl groups is 1. The third-order valence-corrected chi connectivity index (χ3v) is 6.67. The predicted molar refractivity (Wildman–Crippen MR) is 138 cm³/mol. The van der Waals surface area contributed by atoms with E-state index in [0.29, 0.717) is 29.9 Å². The molecular weight excluding hydrogens is 470 g/mol. The second kappa shape index (κ2) is 10.5. The van der Waals surface area contributed by atoms with Crippen LogP contribution in [0.4, 0.5) is 0 Å². The summed E-state index contributed by atoms with van der Waals surface area (Å²) in [5.41, 5.74) is 3.17. The van der Waals surface area contributed by atoms with E-state index in [1.165, 1.54) is 12.0 Å². The number of hydrogen-bond acceptors (Lipinski definition) is 6. The maximum Gasteiger partial charge on any atom is 0.295 e. The van der Waals surface area contributed by atoms with E-state index in [0.717, 1.165) is 16.9 Å². The molecular formula is C30H29NO6. The molecule has 3 aromatic carbocycles. The Morgan fingerprint density at radius 2 is 1.86 bits per heavy atom. The van der Waals surface area contributed by atoms with E-state index >= 15 is 0 Å². The summed E-state index contributed by atoms with van der Waals surface area (Å²) in [6.07, 6.45) is 0.758. The number of amides is 1. The number of methoxy groups -OCH3 is 1. The lowest BCUT2D eigenvalue weighted by Gasteiger charge is -2.25. The van der Waals surface area contributed by atoms with Crippen LogP contribution in [0, 0.1) is 0 Å². The van der Waals surface area contributed by atoms with Crippen LogP contribution in [0.25, 0.3) is 5.76 Å². The van der Waals surface area contributed by atoms with Gasteiger partial charge in [-0.05, 0) is 53.9 Å². The van der Waals surface area contributed by atoms with Crippen molar-refractivity contribution in [3.05, 3.63) is 101 Å². The monoisotopic (exact) mass is 499 g/mol. The number of ketones is 1. The first kappa shape index (κ1) is 24.6. The van der Waals surface area contributed by atoms with E-state index in [-0.39, 0.29) is 30.6 Å². The van der Waals surface area contributed by atoms with E-state index in [1.807, 2.05) is 67.6 Å². The standard InChI is InChI=1S/C30H29NO6/c1-19-15-23-16-22(11-12-25(23)37-19)28(32)26-27(31(13-14-35-2)30(34)29(26)33)21-9-6-10-24(17-21)36-18-20-7-4-3-5-8-20/h3-12,16-17,19,27,32H,13-15,18H2,1-2H3/t19-,27-/m1/s1. The van der Waals surface area contributed by atoms with Gasteiger partial charge >= 0.3 is 0 Å². The molecule has 1 N–H and O–H groups in total. The largest absolute Gasteiger partial charge is 0.507 e. The lowest BCUT2D eigenvalue weighted by molar-refractivity contribution is -0.140. The highest BCUT2D eigenvalue weighted by atomic mass is 16.5. The number of likely N-dealkylation sites (tertiary alicyclic amines) is 1. The molecule has 0 radical (unpaired) electrons. The maximum absolute atomic E-state index is 13.3. The number of Topliss-reactive ketones (excluding diaryl/α,β-unsaturated/α-hetero) is 1. The number of ether oxygens (including phenoxy) is 3. The molecule has 0 unspecified atom stereocenters. The van der Waals surface area contributed by atoms with Crippen LogP contribution in [0.2, 0.25) is 0 Å². The predicted octanol–water partition coefficient (Wildman–Crippen LogP) is 4.66. The smallest absolute Gasteiger partial charge is 0.295 e. The van der Waals surface area contributed by atoms with Crippen LogP contribution >= 0.6 is 0 Å². The van der Waals surface area contributed by atoms with E-state index in [9.17, 15) is 14.7 Å². The van der Waals surface area contributed by atoms with Crippen molar-refractivity contribution in [1.82, 2.24) is 4.90 Å². The average molecular weight is 500 g/mol. The van der Waals surface area contributed by atoms with E-state index in [1.54, 1.807) is 12.1 Å². The molecule has 0 aromatic heterocycles. The van der Waals surface area contributed by atoms with Gasteiger partial charge in [-0.25, -0.2) is 0 Å². The fourth-order valence-corrected chi connectivity index (χ4v) is 4.89.